The molecule has 0 radical (unpaired) electrons. The molecule has 0 aliphatic carbocycles. The van der Waals surface area contributed by atoms with Crippen molar-refractivity contribution in [3.8, 4) is 17.0 Å². The van der Waals surface area contributed by atoms with E-state index in [1.165, 1.54) is 0 Å². The molecule has 2 aromatic carbocycles. The number of ether oxygens (including phenoxy) is 1. The lowest BCUT2D eigenvalue weighted by Crippen LogP contribution is -2.51. The minimum Gasteiger partial charge on any atom is -0.507 e. The number of halogens is 1. The topological polar surface area (TPSA) is 175 Å². The summed E-state index contributed by atoms with van der Waals surface area (Å²) in [5, 5.41) is 22.3. The van der Waals surface area contributed by atoms with E-state index < -0.39 is 11.7 Å². The summed E-state index contributed by atoms with van der Waals surface area (Å²) in [5.74, 6) is 0.0327. The molecule has 3 aromatic heterocycles. The third-order valence-corrected chi connectivity index (χ3v) is 13.1. The van der Waals surface area contributed by atoms with Gasteiger partial charge in [-0.15, -0.1) is 10.2 Å². The lowest BCUT2D eigenvalue weighted by molar-refractivity contribution is -0.120. The molecule has 4 aliphatic heterocycles. The summed E-state index contributed by atoms with van der Waals surface area (Å²) in [6.45, 7) is 8.14. The number of hydrogen-bond acceptors (Lipinski definition) is 11. The van der Waals surface area contributed by atoms with Crippen molar-refractivity contribution < 1.29 is 28.6 Å². The number of alkyl halides is 1. The lowest BCUT2D eigenvalue weighted by Gasteiger charge is -2.41. The van der Waals surface area contributed by atoms with Crippen LogP contribution in [0.3, 0.4) is 0 Å². The standard InChI is InChI=1S/C46H53FN10O5/c1-3-34-26-55(38-23-37(51-52-42(38)48)35-6-4-5-7-39(35)58)27-40(62-34)30-8-10-31(11-9-30)44(60)54-20-15-46(47,16-21-54)28-53-17-12-32(13-18-53)57-25-29(2)36-22-33(24-49-43(36)57)56-19-14-41(59)50-45(56)61/h4-11,22-25,32,34,40,58H,3,12-21,26-28H2,1-2H3,(H2,48,52)(H,50,59,61)/t34-,40-/m0/s1. The first-order valence-corrected chi connectivity index (χ1v) is 21.7. The molecular formula is C46H53FN10O5. The number of phenolic OH excluding ortho intramolecular Hbond substituents is 1. The first kappa shape index (κ1) is 41.2. The van der Waals surface area contributed by atoms with Gasteiger partial charge in [-0.25, -0.2) is 14.2 Å². The number of nitrogen functional groups attached to an aromatic ring is 1. The number of nitrogens with one attached hydrogen (secondary N) is 1. The third kappa shape index (κ3) is 8.28. The molecule has 9 rings (SSSR count). The number of hydrogen-bond donors (Lipinski definition) is 3. The van der Waals surface area contributed by atoms with Crippen molar-refractivity contribution in [2.45, 2.75) is 76.3 Å². The van der Waals surface area contributed by atoms with Gasteiger partial charge in [0.25, 0.3) is 5.91 Å². The summed E-state index contributed by atoms with van der Waals surface area (Å²) < 4.78 is 25.1. The number of phenols is 1. The van der Waals surface area contributed by atoms with Crippen molar-refractivity contribution in [3.63, 3.8) is 0 Å². The summed E-state index contributed by atoms with van der Waals surface area (Å²) >= 11 is 0. The van der Waals surface area contributed by atoms with Gasteiger partial charge >= 0.3 is 6.03 Å². The van der Waals surface area contributed by atoms with Gasteiger partial charge in [-0.05, 0) is 73.7 Å². The highest BCUT2D eigenvalue weighted by Crippen LogP contribution is 2.37. The monoisotopic (exact) mass is 844 g/mol. The SMILES string of the molecule is CC[C@H]1CN(c2cc(-c3ccccc3O)nnc2N)C[C@@H](c2ccc(C(=O)N3CCC(F)(CN4CCC(n5cc(C)c6cc(N7CCC(=O)NC7=O)cnc65)CC4)CC3)cc2)O1. The molecule has 2 atom stereocenters. The quantitative estimate of drug-likeness (QED) is 0.155. The number of urea groups is 1. The van der Waals surface area contributed by atoms with E-state index in [0.29, 0.717) is 67.6 Å². The fourth-order valence-electron chi connectivity index (χ4n) is 9.48. The number of nitrogens with two attached hydrogens (primary N) is 1. The van der Waals surface area contributed by atoms with Gasteiger partial charge < -0.3 is 34.8 Å². The first-order chi connectivity index (χ1) is 29.9. The van der Waals surface area contributed by atoms with E-state index in [4.69, 9.17) is 15.5 Å². The first-order valence-electron chi connectivity index (χ1n) is 21.7. The number of rotatable bonds is 9. The molecule has 0 saturated carbocycles. The van der Waals surface area contributed by atoms with E-state index in [1.54, 1.807) is 34.2 Å². The molecule has 4 aliphatic rings. The van der Waals surface area contributed by atoms with Gasteiger partial charge in [0.1, 0.15) is 23.2 Å². The molecule has 0 bridgehead atoms. The zero-order chi connectivity index (χ0) is 43.1. The fourth-order valence-corrected chi connectivity index (χ4v) is 9.48. The van der Waals surface area contributed by atoms with Crippen molar-refractivity contribution in [1.29, 1.82) is 0 Å². The maximum absolute atomic E-state index is 16.4. The van der Waals surface area contributed by atoms with E-state index in [1.807, 2.05) is 49.4 Å². The number of fused-ring (bicyclic) bond motifs is 1. The molecule has 4 saturated heterocycles. The molecule has 4 fully saturated rings. The van der Waals surface area contributed by atoms with Crippen LogP contribution in [0.4, 0.5) is 26.4 Å². The van der Waals surface area contributed by atoms with E-state index in [9.17, 15) is 19.5 Å². The van der Waals surface area contributed by atoms with Gasteiger partial charge in [0.2, 0.25) is 5.91 Å². The zero-order valence-corrected chi connectivity index (χ0v) is 35.2. The van der Waals surface area contributed by atoms with Crippen LogP contribution in [-0.4, -0.2) is 117 Å². The predicted molar refractivity (Wildman–Crippen MR) is 234 cm³/mol. The Labute approximate surface area is 359 Å². The number of aryl methyl sites for hydroxylation is 1. The minimum atomic E-state index is -1.37. The van der Waals surface area contributed by atoms with Crippen molar-refractivity contribution in [2.24, 2.45) is 0 Å². The van der Waals surface area contributed by atoms with E-state index in [-0.39, 0.29) is 55.1 Å². The van der Waals surface area contributed by atoms with Crippen LogP contribution in [0.2, 0.25) is 0 Å². The highest BCUT2D eigenvalue weighted by atomic mass is 19.1. The Morgan fingerprint density at radius 3 is 2.48 bits per heavy atom. The number of piperidine rings is 2. The van der Waals surface area contributed by atoms with Gasteiger partial charge in [0.15, 0.2) is 5.82 Å². The van der Waals surface area contributed by atoms with Crippen LogP contribution in [0.15, 0.2) is 73.1 Å². The molecule has 4 N–H and O–H groups in total. The highest BCUT2D eigenvalue weighted by molar-refractivity contribution is 6.06. The van der Waals surface area contributed by atoms with Crippen LogP contribution in [-0.2, 0) is 9.53 Å². The smallest absolute Gasteiger partial charge is 0.328 e. The van der Waals surface area contributed by atoms with Gasteiger partial charge in [-0.2, -0.15) is 0 Å². The highest BCUT2D eigenvalue weighted by Gasteiger charge is 2.39. The van der Waals surface area contributed by atoms with Gasteiger partial charge in [-0.1, -0.05) is 31.2 Å². The molecule has 5 aromatic rings. The molecule has 324 valence electrons. The molecular weight excluding hydrogens is 792 g/mol. The van der Waals surface area contributed by atoms with E-state index in [2.05, 4.69) is 43.0 Å². The molecule has 4 amide bonds. The van der Waals surface area contributed by atoms with Crippen LogP contribution >= 0.6 is 0 Å². The fraction of sp³-hybridized carbons (Fsp3) is 0.435. The molecule has 62 heavy (non-hydrogen) atoms. The summed E-state index contributed by atoms with van der Waals surface area (Å²) in [6, 6.07) is 18.2. The van der Waals surface area contributed by atoms with Crippen molar-refractivity contribution in [2.75, 3.05) is 67.9 Å². The van der Waals surface area contributed by atoms with E-state index in [0.717, 1.165) is 60.2 Å². The second kappa shape index (κ2) is 17.0. The summed E-state index contributed by atoms with van der Waals surface area (Å²) in [7, 11) is 0. The van der Waals surface area contributed by atoms with Gasteiger partial charge in [0.05, 0.1) is 29.4 Å². The van der Waals surface area contributed by atoms with Crippen LogP contribution in [0.1, 0.15) is 79.1 Å². The molecule has 16 heteroatoms. The number of pyridine rings is 1. The summed E-state index contributed by atoms with van der Waals surface area (Å²) in [4.78, 5) is 50.2. The normalized spacial score (nSPS) is 21.4. The number of likely N-dealkylation sites (tertiary alicyclic amines) is 2. The molecule has 7 heterocycles. The zero-order valence-electron chi connectivity index (χ0n) is 35.2. The molecule has 0 unspecified atom stereocenters. The Morgan fingerprint density at radius 2 is 1.76 bits per heavy atom. The van der Waals surface area contributed by atoms with Crippen molar-refractivity contribution >= 4 is 46.1 Å². The number of nitrogens with zero attached hydrogens (tertiary/aromatic N) is 8. The number of para-hydroxylation sites is 1. The van der Waals surface area contributed by atoms with Crippen molar-refractivity contribution in [3.05, 3.63) is 89.7 Å². The van der Waals surface area contributed by atoms with Crippen LogP contribution in [0, 0.1) is 6.92 Å². The number of carbonyl (C=O) groups is 3. The Bertz CT molecular complexity index is 2480. The van der Waals surface area contributed by atoms with E-state index >= 15 is 4.39 Å². The largest absolute Gasteiger partial charge is 0.507 e. The predicted octanol–water partition coefficient (Wildman–Crippen LogP) is 6.17. The van der Waals surface area contributed by atoms with Gasteiger partial charge in [-0.3, -0.25) is 19.8 Å². The number of carbonyl (C=O) groups excluding carboxylic acids is 3. The molecule has 0 spiro atoms. The molecule has 15 nitrogen and oxygen atoms in total. The summed E-state index contributed by atoms with van der Waals surface area (Å²) in [5.41, 5.74) is 10.9. The van der Waals surface area contributed by atoms with Crippen LogP contribution < -0.4 is 20.9 Å². The second-order valence-electron chi connectivity index (χ2n) is 17.2. The summed E-state index contributed by atoms with van der Waals surface area (Å²) in [6.07, 6.45) is 6.79. The average Bonchev–Trinajstić information content (AvgIpc) is 3.62. The number of aromatic nitrogens is 4. The number of amides is 4. The minimum absolute atomic E-state index is 0.0689. The van der Waals surface area contributed by atoms with Crippen molar-refractivity contribution in [1.82, 2.24) is 34.9 Å². The number of aromatic hydroxyl groups is 1. The maximum atomic E-state index is 16.4. The lowest BCUT2D eigenvalue weighted by atomic mass is 9.91. The Hall–Kier alpha value is -6.13. The Morgan fingerprint density at radius 1 is 1.00 bits per heavy atom. The maximum Gasteiger partial charge on any atom is 0.328 e. The van der Waals surface area contributed by atoms with Crippen LogP contribution in [0.25, 0.3) is 22.3 Å². The Kier molecular flexibility index (Phi) is 11.3. The van der Waals surface area contributed by atoms with Gasteiger partial charge in [0, 0.05) is 100 Å². The number of benzene rings is 2. The second-order valence-corrected chi connectivity index (χ2v) is 17.2. The number of anilines is 3. The number of imide groups is 1. The average molecular weight is 845 g/mol. The third-order valence-electron chi connectivity index (χ3n) is 13.1. The van der Waals surface area contributed by atoms with Crippen LogP contribution in [0.5, 0.6) is 5.75 Å². The number of morpholine rings is 1. The Balaban J connectivity index is 0.783.